The second-order valence-electron chi connectivity index (χ2n) is 5.10. The first-order valence-electron chi connectivity index (χ1n) is 6.88. The molecule has 1 aromatic carbocycles. The maximum absolute atomic E-state index is 5.43. The van der Waals surface area contributed by atoms with Gasteiger partial charge in [-0.2, -0.15) is 0 Å². The van der Waals surface area contributed by atoms with Crippen LogP contribution in [0.2, 0.25) is 0 Å². The molecule has 0 aliphatic carbocycles. The van der Waals surface area contributed by atoms with Crippen LogP contribution in [0.5, 0.6) is 5.75 Å². The lowest BCUT2D eigenvalue weighted by atomic mass is 10.1. The van der Waals surface area contributed by atoms with Gasteiger partial charge in [0.05, 0.1) is 13.2 Å². The molecule has 0 amide bonds. The Labute approximate surface area is 119 Å². The van der Waals surface area contributed by atoms with Gasteiger partial charge in [0.2, 0.25) is 0 Å². The van der Waals surface area contributed by atoms with Gasteiger partial charge in [0, 0.05) is 10.9 Å². The van der Waals surface area contributed by atoms with Crippen LogP contribution in [0.4, 0.5) is 5.69 Å². The van der Waals surface area contributed by atoms with Gasteiger partial charge in [-0.3, -0.25) is 4.99 Å². The van der Waals surface area contributed by atoms with E-state index in [-0.39, 0.29) is 0 Å². The molecule has 1 unspecified atom stereocenters. The third-order valence-electron chi connectivity index (χ3n) is 2.87. The molecule has 4 heteroatoms. The standard InChI is InChI=1S/C15H22N2OS/c1-4-18-13-7-5-12(6-8-13)17-15-16-10-14(19-15)9-11(2)3/h5-8,11,14H,4,9-10H2,1-3H3,(H,16,17). The SMILES string of the molecule is CCOc1ccc(NC2=NCC(CC(C)C)S2)cc1. The van der Waals surface area contributed by atoms with Crippen molar-refractivity contribution in [2.24, 2.45) is 10.9 Å². The Morgan fingerprint density at radius 1 is 1.37 bits per heavy atom. The summed E-state index contributed by atoms with van der Waals surface area (Å²) in [6, 6.07) is 8.03. The quantitative estimate of drug-likeness (QED) is 0.883. The van der Waals surface area contributed by atoms with Crippen LogP contribution in [0.1, 0.15) is 27.2 Å². The molecule has 0 saturated carbocycles. The molecule has 1 N–H and O–H groups in total. The number of thioether (sulfide) groups is 1. The van der Waals surface area contributed by atoms with Crippen LogP contribution in [0.3, 0.4) is 0 Å². The molecule has 2 rings (SSSR count). The van der Waals surface area contributed by atoms with E-state index in [0.29, 0.717) is 11.9 Å². The van der Waals surface area contributed by atoms with Crippen LogP contribution >= 0.6 is 11.8 Å². The highest BCUT2D eigenvalue weighted by molar-refractivity contribution is 8.15. The minimum atomic E-state index is 0.630. The zero-order valence-electron chi connectivity index (χ0n) is 11.8. The number of amidine groups is 1. The Morgan fingerprint density at radius 3 is 2.74 bits per heavy atom. The van der Waals surface area contributed by atoms with Gasteiger partial charge in [0.25, 0.3) is 0 Å². The first-order valence-corrected chi connectivity index (χ1v) is 7.76. The van der Waals surface area contributed by atoms with Gasteiger partial charge in [0.1, 0.15) is 5.75 Å². The fourth-order valence-corrected chi connectivity index (χ4v) is 3.33. The maximum Gasteiger partial charge on any atom is 0.161 e. The van der Waals surface area contributed by atoms with Gasteiger partial charge in [-0.1, -0.05) is 25.6 Å². The van der Waals surface area contributed by atoms with Crippen LogP contribution in [-0.2, 0) is 0 Å². The van der Waals surface area contributed by atoms with Gasteiger partial charge < -0.3 is 10.1 Å². The molecule has 3 nitrogen and oxygen atoms in total. The summed E-state index contributed by atoms with van der Waals surface area (Å²) in [6.45, 7) is 8.15. The molecule has 0 saturated heterocycles. The summed E-state index contributed by atoms with van der Waals surface area (Å²) in [5, 5.41) is 5.04. The van der Waals surface area contributed by atoms with Crippen LogP contribution in [0.25, 0.3) is 0 Å². The highest BCUT2D eigenvalue weighted by Crippen LogP contribution is 2.27. The number of anilines is 1. The van der Waals surface area contributed by atoms with Gasteiger partial charge in [0.15, 0.2) is 5.17 Å². The summed E-state index contributed by atoms with van der Waals surface area (Å²) in [7, 11) is 0. The molecule has 104 valence electrons. The van der Waals surface area contributed by atoms with Crippen molar-refractivity contribution in [3.05, 3.63) is 24.3 Å². The zero-order chi connectivity index (χ0) is 13.7. The highest BCUT2D eigenvalue weighted by Gasteiger charge is 2.20. The maximum atomic E-state index is 5.43. The fraction of sp³-hybridized carbons (Fsp3) is 0.533. The number of rotatable bonds is 5. The lowest BCUT2D eigenvalue weighted by molar-refractivity contribution is 0.340. The van der Waals surface area contributed by atoms with Crippen molar-refractivity contribution in [3.63, 3.8) is 0 Å². The summed E-state index contributed by atoms with van der Waals surface area (Å²) in [6.07, 6.45) is 1.22. The fourth-order valence-electron chi connectivity index (χ4n) is 2.06. The van der Waals surface area contributed by atoms with Gasteiger partial charge in [-0.05, 0) is 43.5 Å². The molecular formula is C15H22N2OS. The molecule has 0 radical (unpaired) electrons. The number of hydrogen-bond acceptors (Lipinski definition) is 4. The first kappa shape index (κ1) is 14.3. The van der Waals surface area contributed by atoms with Crippen molar-refractivity contribution in [3.8, 4) is 5.75 Å². The third kappa shape index (κ3) is 4.46. The third-order valence-corrected chi connectivity index (χ3v) is 4.00. The van der Waals surface area contributed by atoms with Crippen molar-refractivity contribution in [2.45, 2.75) is 32.4 Å². The summed E-state index contributed by atoms with van der Waals surface area (Å²) in [5.74, 6) is 1.64. The Bertz CT molecular complexity index is 428. The van der Waals surface area contributed by atoms with Gasteiger partial charge >= 0.3 is 0 Å². The Morgan fingerprint density at radius 2 is 2.11 bits per heavy atom. The Balaban J connectivity index is 1.85. The molecule has 1 atom stereocenters. The Hall–Kier alpha value is -1.16. The molecule has 19 heavy (non-hydrogen) atoms. The highest BCUT2D eigenvalue weighted by atomic mass is 32.2. The second-order valence-corrected chi connectivity index (χ2v) is 6.39. The number of nitrogens with zero attached hydrogens (tertiary/aromatic N) is 1. The number of benzene rings is 1. The van der Waals surface area contributed by atoms with Gasteiger partial charge in [-0.15, -0.1) is 0 Å². The minimum Gasteiger partial charge on any atom is -0.494 e. The lowest BCUT2D eigenvalue weighted by Crippen LogP contribution is -2.09. The topological polar surface area (TPSA) is 33.6 Å². The van der Waals surface area contributed by atoms with E-state index < -0.39 is 0 Å². The molecule has 1 aromatic rings. The number of ether oxygens (including phenoxy) is 1. The monoisotopic (exact) mass is 278 g/mol. The van der Waals surface area contributed by atoms with Crippen LogP contribution < -0.4 is 10.1 Å². The summed E-state index contributed by atoms with van der Waals surface area (Å²) >= 11 is 1.86. The largest absolute Gasteiger partial charge is 0.494 e. The van der Waals surface area contributed by atoms with Crippen molar-refractivity contribution < 1.29 is 4.74 Å². The smallest absolute Gasteiger partial charge is 0.161 e. The van der Waals surface area contributed by atoms with E-state index in [1.807, 2.05) is 43.0 Å². The van der Waals surface area contributed by atoms with Crippen LogP contribution in [0, 0.1) is 5.92 Å². The summed E-state index contributed by atoms with van der Waals surface area (Å²) in [5.41, 5.74) is 1.07. The van der Waals surface area contributed by atoms with E-state index in [1.165, 1.54) is 6.42 Å². The average molecular weight is 278 g/mol. The van der Waals surface area contributed by atoms with E-state index in [1.54, 1.807) is 0 Å². The molecule has 0 spiro atoms. The van der Waals surface area contributed by atoms with Crippen molar-refractivity contribution in [1.82, 2.24) is 0 Å². The second kappa shape index (κ2) is 6.85. The average Bonchev–Trinajstić information content (AvgIpc) is 2.78. The first-order chi connectivity index (χ1) is 9.17. The van der Waals surface area contributed by atoms with E-state index in [9.17, 15) is 0 Å². The lowest BCUT2D eigenvalue weighted by Gasteiger charge is -2.11. The number of hydrogen-bond donors (Lipinski definition) is 1. The van der Waals surface area contributed by atoms with E-state index in [2.05, 4.69) is 24.2 Å². The van der Waals surface area contributed by atoms with E-state index in [0.717, 1.165) is 29.1 Å². The van der Waals surface area contributed by atoms with E-state index >= 15 is 0 Å². The molecular weight excluding hydrogens is 256 g/mol. The summed E-state index contributed by atoms with van der Waals surface area (Å²) in [4.78, 5) is 4.56. The predicted molar refractivity (Wildman–Crippen MR) is 84.4 cm³/mol. The molecule has 1 aliphatic rings. The van der Waals surface area contributed by atoms with Crippen molar-refractivity contribution >= 4 is 22.6 Å². The Kier molecular flexibility index (Phi) is 5.14. The van der Waals surface area contributed by atoms with Gasteiger partial charge in [-0.25, -0.2) is 0 Å². The molecule has 1 heterocycles. The van der Waals surface area contributed by atoms with Crippen LogP contribution in [0.15, 0.2) is 29.3 Å². The molecule has 0 bridgehead atoms. The number of aliphatic imine (C=N–C) groups is 1. The van der Waals surface area contributed by atoms with Crippen LogP contribution in [-0.4, -0.2) is 23.6 Å². The molecule has 1 aliphatic heterocycles. The van der Waals surface area contributed by atoms with Crippen molar-refractivity contribution in [2.75, 3.05) is 18.5 Å². The van der Waals surface area contributed by atoms with E-state index in [4.69, 9.17) is 4.74 Å². The minimum absolute atomic E-state index is 0.630. The summed E-state index contributed by atoms with van der Waals surface area (Å²) < 4.78 is 5.43. The normalized spacial score (nSPS) is 18.5. The van der Waals surface area contributed by atoms with Crippen molar-refractivity contribution in [1.29, 1.82) is 0 Å². The molecule has 0 aromatic heterocycles. The number of nitrogens with one attached hydrogen (secondary N) is 1. The zero-order valence-corrected chi connectivity index (χ0v) is 12.7. The molecule has 0 fully saturated rings. The predicted octanol–water partition coefficient (Wildman–Crippen LogP) is 4.01.